The SMILES string of the molecule is CO[C@@H]1CN(C(=O)c2ccnn2-c2ccccc2)C[C@H]1c1cn[nH]n1. The maximum atomic E-state index is 13.0. The van der Waals surface area contributed by atoms with Gasteiger partial charge < -0.3 is 9.64 Å². The van der Waals surface area contributed by atoms with Gasteiger partial charge >= 0.3 is 0 Å². The molecule has 1 aliphatic heterocycles. The molecule has 1 aliphatic rings. The Morgan fingerprint density at radius 3 is 2.80 bits per heavy atom. The molecule has 25 heavy (non-hydrogen) atoms. The van der Waals surface area contributed by atoms with Crippen molar-refractivity contribution in [1.82, 2.24) is 30.1 Å². The molecule has 0 bridgehead atoms. The van der Waals surface area contributed by atoms with Crippen molar-refractivity contribution in [3.05, 3.63) is 60.2 Å². The second-order valence-electron chi connectivity index (χ2n) is 5.95. The normalized spacial score (nSPS) is 20.1. The van der Waals surface area contributed by atoms with Gasteiger partial charge in [0.1, 0.15) is 5.69 Å². The first-order valence-corrected chi connectivity index (χ1v) is 8.05. The number of carbonyl (C=O) groups excluding carboxylic acids is 1. The van der Waals surface area contributed by atoms with E-state index in [1.807, 2.05) is 30.3 Å². The summed E-state index contributed by atoms with van der Waals surface area (Å²) in [6.45, 7) is 1.04. The van der Waals surface area contributed by atoms with Gasteiger partial charge in [-0.3, -0.25) is 4.79 Å². The molecule has 3 heterocycles. The van der Waals surface area contributed by atoms with Crippen molar-refractivity contribution in [2.24, 2.45) is 0 Å². The number of nitrogens with one attached hydrogen (secondary N) is 1. The molecule has 128 valence electrons. The number of H-pyrrole nitrogens is 1. The number of rotatable bonds is 4. The van der Waals surface area contributed by atoms with Crippen molar-refractivity contribution in [3.8, 4) is 5.69 Å². The average molecular weight is 338 g/mol. The summed E-state index contributed by atoms with van der Waals surface area (Å²) < 4.78 is 7.22. The second-order valence-corrected chi connectivity index (χ2v) is 5.95. The molecule has 0 saturated carbocycles. The highest BCUT2D eigenvalue weighted by Crippen LogP contribution is 2.29. The lowest BCUT2D eigenvalue weighted by Crippen LogP contribution is -2.31. The molecule has 8 heteroatoms. The smallest absolute Gasteiger partial charge is 0.272 e. The third-order valence-electron chi connectivity index (χ3n) is 4.53. The Kier molecular flexibility index (Phi) is 4.02. The minimum atomic E-state index is -0.109. The number of benzene rings is 1. The quantitative estimate of drug-likeness (QED) is 0.773. The number of amides is 1. The fourth-order valence-electron chi connectivity index (χ4n) is 3.25. The molecule has 0 aliphatic carbocycles. The van der Waals surface area contributed by atoms with Gasteiger partial charge in [-0.2, -0.15) is 20.5 Å². The van der Waals surface area contributed by atoms with Gasteiger partial charge in [0.15, 0.2) is 0 Å². The summed E-state index contributed by atoms with van der Waals surface area (Å²) in [4.78, 5) is 14.8. The maximum Gasteiger partial charge on any atom is 0.272 e. The lowest BCUT2D eigenvalue weighted by atomic mass is 10.0. The Morgan fingerprint density at radius 1 is 1.24 bits per heavy atom. The number of methoxy groups -OCH3 is 1. The van der Waals surface area contributed by atoms with Crippen molar-refractivity contribution < 1.29 is 9.53 Å². The summed E-state index contributed by atoms with van der Waals surface area (Å²) >= 11 is 0. The lowest BCUT2D eigenvalue weighted by molar-refractivity contribution is 0.0706. The van der Waals surface area contributed by atoms with Crippen LogP contribution in [0.4, 0.5) is 0 Å². The number of nitrogens with zero attached hydrogens (tertiary/aromatic N) is 5. The largest absolute Gasteiger partial charge is 0.379 e. The van der Waals surface area contributed by atoms with Crippen LogP contribution in [0.2, 0.25) is 0 Å². The minimum Gasteiger partial charge on any atom is -0.379 e. The van der Waals surface area contributed by atoms with E-state index in [-0.39, 0.29) is 17.9 Å². The molecule has 0 radical (unpaired) electrons. The summed E-state index contributed by atoms with van der Waals surface area (Å²) in [6, 6.07) is 11.3. The molecule has 1 saturated heterocycles. The van der Waals surface area contributed by atoms with Gasteiger partial charge in [-0.1, -0.05) is 18.2 Å². The van der Waals surface area contributed by atoms with Gasteiger partial charge in [0, 0.05) is 20.2 Å². The van der Waals surface area contributed by atoms with Crippen LogP contribution in [0.5, 0.6) is 0 Å². The topological polar surface area (TPSA) is 88.9 Å². The number of hydrogen-bond donors (Lipinski definition) is 1. The molecule has 1 N–H and O–H groups in total. The van der Waals surface area contributed by atoms with Crippen LogP contribution in [0, 0.1) is 0 Å². The van der Waals surface area contributed by atoms with E-state index < -0.39 is 0 Å². The zero-order valence-corrected chi connectivity index (χ0v) is 13.7. The zero-order valence-electron chi connectivity index (χ0n) is 13.7. The number of hydrogen-bond acceptors (Lipinski definition) is 5. The zero-order chi connectivity index (χ0) is 17.2. The van der Waals surface area contributed by atoms with Crippen LogP contribution in [0.3, 0.4) is 0 Å². The average Bonchev–Trinajstić information content (AvgIpc) is 3.41. The monoisotopic (exact) mass is 338 g/mol. The molecule has 1 fully saturated rings. The van der Waals surface area contributed by atoms with Gasteiger partial charge in [0.25, 0.3) is 5.91 Å². The third-order valence-corrected chi connectivity index (χ3v) is 4.53. The molecule has 1 aromatic carbocycles. The molecule has 3 aromatic rings. The van der Waals surface area contributed by atoms with Crippen LogP contribution in [-0.2, 0) is 4.74 Å². The summed E-state index contributed by atoms with van der Waals surface area (Å²) in [5.41, 5.74) is 2.19. The highest BCUT2D eigenvalue weighted by atomic mass is 16.5. The summed E-state index contributed by atoms with van der Waals surface area (Å²) in [5, 5.41) is 14.9. The van der Waals surface area contributed by atoms with E-state index >= 15 is 0 Å². The highest BCUT2D eigenvalue weighted by Gasteiger charge is 2.38. The van der Waals surface area contributed by atoms with Crippen molar-refractivity contribution in [1.29, 1.82) is 0 Å². The number of likely N-dealkylation sites (tertiary alicyclic amines) is 1. The van der Waals surface area contributed by atoms with Crippen molar-refractivity contribution in [2.75, 3.05) is 20.2 Å². The Balaban J connectivity index is 1.59. The molecular weight excluding hydrogens is 320 g/mol. The summed E-state index contributed by atoms with van der Waals surface area (Å²) in [5.74, 6) is -0.0739. The molecule has 2 atom stereocenters. The van der Waals surface area contributed by atoms with Gasteiger partial charge in [0.05, 0.1) is 35.8 Å². The predicted molar refractivity (Wildman–Crippen MR) is 89.4 cm³/mol. The highest BCUT2D eigenvalue weighted by molar-refractivity contribution is 5.93. The third kappa shape index (κ3) is 2.80. The lowest BCUT2D eigenvalue weighted by Gasteiger charge is -2.16. The molecule has 8 nitrogen and oxygen atoms in total. The first kappa shape index (κ1) is 15.5. The van der Waals surface area contributed by atoms with Crippen LogP contribution >= 0.6 is 0 Å². The number of para-hydroxylation sites is 1. The first-order valence-electron chi connectivity index (χ1n) is 8.05. The fourth-order valence-corrected chi connectivity index (χ4v) is 3.25. The molecular formula is C17H18N6O2. The van der Waals surface area contributed by atoms with E-state index in [1.54, 1.807) is 35.2 Å². The number of aromatic nitrogens is 5. The Morgan fingerprint density at radius 2 is 2.08 bits per heavy atom. The van der Waals surface area contributed by atoms with Crippen LogP contribution in [0.15, 0.2) is 48.8 Å². The molecule has 1 amide bonds. The number of ether oxygens (including phenoxy) is 1. The number of carbonyl (C=O) groups is 1. The Hall–Kier alpha value is -3.00. The number of aromatic amines is 1. The fraction of sp³-hybridized carbons (Fsp3) is 0.294. The standard InChI is InChI=1S/C17H18N6O2/c1-25-16-11-22(10-13(16)14-9-18-21-20-14)17(24)15-7-8-19-23(15)12-5-3-2-4-6-12/h2-9,13,16H,10-11H2,1H3,(H,18,20,21)/t13-,16+/m0/s1. The maximum absolute atomic E-state index is 13.0. The van der Waals surface area contributed by atoms with E-state index in [1.165, 1.54) is 0 Å². The van der Waals surface area contributed by atoms with E-state index in [0.717, 1.165) is 11.4 Å². The van der Waals surface area contributed by atoms with Crippen LogP contribution in [-0.4, -0.2) is 62.3 Å². The van der Waals surface area contributed by atoms with Crippen molar-refractivity contribution in [2.45, 2.75) is 12.0 Å². The molecule has 0 unspecified atom stereocenters. The van der Waals surface area contributed by atoms with E-state index in [0.29, 0.717) is 18.8 Å². The van der Waals surface area contributed by atoms with Gasteiger partial charge in [-0.15, -0.1) is 0 Å². The van der Waals surface area contributed by atoms with Crippen LogP contribution < -0.4 is 0 Å². The van der Waals surface area contributed by atoms with Crippen LogP contribution in [0.1, 0.15) is 22.1 Å². The predicted octanol–water partition coefficient (Wildman–Crippen LogP) is 1.24. The molecule has 0 spiro atoms. The van der Waals surface area contributed by atoms with Crippen molar-refractivity contribution >= 4 is 5.91 Å². The second kappa shape index (κ2) is 6.48. The Bertz CT molecular complexity index is 845. The van der Waals surface area contributed by atoms with Gasteiger partial charge in [-0.25, -0.2) is 4.68 Å². The van der Waals surface area contributed by atoms with Gasteiger partial charge in [0.2, 0.25) is 0 Å². The van der Waals surface area contributed by atoms with Crippen molar-refractivity contribution in [3.63, 3.8) is 0 Å². The molecule has 4 rings (SSSR count). The minimum absolute atomic E-state index is 0.000738. The molecule has 2 aromatic heterocycles. The van der Waals surface area contributed by atoms with E-state index in [2.05, 4.69) is 20.5 Å². The van der Waals surface area contributed by atoms with E-state index in [9.17, 15) is 4.79 Å². The van der Waals surface area contributed by atoms with E-state index in [4.69, 9.17) is 4.74 Å². The van der Waals surface area contributed by atoms with Gasteiger partial charge in [-0.05, 0) is 18.2 Å². The Labute approximate surface area is 144 Å². The summed E-state index contributed by atoms with van der Waals surface area (Å²) in [7, 11) is 1.65. The first-order chi connectivity index (χ1) is 12.3. The van der Waals surface area contributed by atoms with Crippen LogP contribution in [0.25, 0.3) is 5.69 Å². The summed E-state index contributed by atoms with van der Waals surface area (Å²) in [6.07, 6.45) is 3.21.